The first-order valence-electron chi connectivity index (χ1n) is 6.84. The normalized spacial score (nSPS) is 20.0. The first-order valence-corrected chi connectivity index (χ1v) is 6.84. The zero-order valence-electron chi connectivity index (χ0n) is 11.7. The molecule has 1 aliphatic carbocycles. The van der Waals surface area contributed by atoms with E-state index in [4.69, 9.17) is 4.74 Å². The van der Waals surface area contributed by atoms with Crippen molar-refractivity contribution in [3.05, 3.63) is 0 Å². The molecule has 0 aromatic rings. The van der Waals surface area contributed by atoms with Crippen LogP contribution < -0.4 is 5.32 Å². The zero-order valence-corrected chi connectivity index (χ0v) is 11.7. The zero-order chi connectivity index (χ0) is 12.9. The molecule has 0 saturated heterocycles. The monoisotopic (exact) mass is 241 g/mol. The Morgan fingerprint density at radius 3 is 2.41 bits per heavy atom. The highest BCUT2D eigenvalue weighted by Gasteiger charge is 2.22. The molecule has 0 radical (unpaired) electrons. The molecule has 1 saturated carbocycles. The molecule has 3 nitrogen and oxygen atoms in total. The Kier molecular flexibility index (Phi) is 5.44. The molecule has 1 N–H and O–H groups in total. The predicted molar refractivity (Wildman–Crippen MR) is 69.9 cm³/mol. The Balaban J connectivity index is 2.23. The third kappa shape index (κ3) is 6.06. The van der Waals surface area contributed by atoms with Gasteiger partial charge in [-0.3, -0.25) is 4.79 Å². The van der Waals surface area contributed by atoms with E-state index in [0.29, 0.717) is 5.92 Å². The molecular weight excluding hydrogens is 214 g/mol. The van der Waals surface area contributed by atoms with Gasteiger partial charge in [-0.1, -0.05) is 19.3 Å². The molecule has 0 spiro atoms. The number of carbonyl (C=O) groups excluding carboxylic acids is 1. The number of ether oxygens (including phenoxy) is 1. The molecule has 0 aromatic carbocycles. The number of amides is 1. The summed E-state index contributed by atoms with van der Waals surface area (Å²) >= 11 is 0. The van der Waals surface area contributed by atoms with Gasteiger partial charge in [-0.15, -0.1) is 0 Å². The van der Waals surface area contributed by atoms with Gasteiger partial charge in [0.25, 0.3) is 0 Å². The van der Waals surface area contributed by atoms with E-state index >= 15 is 0 Å². The number of hydrogen-bond acceptors (Lipinski definition) is 2. The standard InChI is InChI=1S/C14H27NO2/c1-11(17-14(2,3)4)13(16)15-10-12-8-6-5-7-9-12/h11-12H,5-10H2,1-4H3,(H,15,16). The summed E-state index contributed by atoms with van der Waals surface area (Å²) in [6.45, 7) is 8.55. The molecule has 0 heterocycles. The van der Waals surface area contributed by atoms with Gasteiger partial charge in [-0.25, -0.2) is 0 Å². The molecule has 1 rings (SSSR count). The van der Waals surface area contributed by atoms with Crippen LogP contribution in [0.2, 0.25) is 0 Å². The van der Waals surface area contributed by atoms with Crippen molar-refractivity contribution in [2.24, 2.45) is 5.92 Å². The van der Waals surface area contributed by atoms with Crippen LogP contribution in [0, 0.1) is 5.92 Å². The molecule has 1 amide bonds. The van der Waals surface area contributed by atoms with Crippen molar-refractivity contribution < 1.29 is 9.53 Å². The summed E-state index contributed by atoms with van der Waals surface area (Å²) in [7, 11) is 0. The third-order valence-corrected chi connectivity index (χ3v) is 3.19. The Bertz CT molecular complexity index is 239. The maximum Gasteiger partial charge on any atom is 0.248 e. The van der Waals surface area contributed by atoms with Crippen LogP contribution in [0.1, 0.15) is 59.8 Å². The van der Waals surface area contributed by atoms with E-state index in [1.165, 1.54) is 32.1 Å². The van der Waals surface area contributed by atoms with E-state index < -0.39 is 0 Å². The van der Waals surface area contributed by atoms with E-state index in [2.05, 4.69) is 5.32 Å². The molecule has 0 aliphatic heterocycles. The summed E-state index contributed by atoms with van der Waals surface area (Å²) in [5, 5.41) is 3.01. The van der Waals surface area contributed by atoms with Gasteiger partial charge < -0.3 is 10.1 Å². The highest BCUT2D eigenvalue weighted by molar-refractivity contribution is 5.80. The van der Waals surface area contributed by atoms with Gasteiger partial charge in [-0.2, -0.15) is 0 Å². The van der Waals surface area contributed by atoms with Crippen LogP contribution >= 0.6 is 0 Å². The number of nitrogens with one attached hydrogen (secondary N) is 1. The topological polar surface area (TPSA) is 38.3 Å². The van der Waals surface area contributed by atoms with Gasteiger partial charge >= 0.3 is 0 Å². The molecule has 3 heteroatoms. The van der Waals surface area contributed by atoms with Crippen LogP contribution in [0.4, 0.5) is 0 Å². The Morgan fingerprint density at radius 2 is 1.88 bits per heavy atom. The fraction of sp³-hybridized carbons (Fsp3) is 0.929. The average Bonchev–Trinajstić information content (AvgIpc) is 2.25. The summed E-state index contributed by atoms with van der Waals surface area (Å²) in [6, 6.07) is 0. The van der Waals surface area contributed by atoms with Crippen LogP contribution in [0.15, 0.2) is 0 Å². The summed E-state index contributed by atoms with van der Waals surface area (Å²) in [5.41, 5.74) is -0.262. The summed E-state index contributed by atoms with van der Waals surface area (Å²) in [5.74, 6) is 0.694. The second kappa shape index (κ2) is 6.39. The molecule has 100 valence electrons. The fourth-order valence-electron chi connectivity index (χ4n) is 2.36. The maximum atomic E-state index is 11.8. The van der Waals surface area contributed by atoms with Crippen LogP contribution in [0.3, 0.4) is 0 Å². The van der Waals surface area contributed by atoms with E-state index in [1.54, 1.807) is 0 Å². The molecule has 0 aromatic heterocycles. The van der Waals surface area contributed by atoms with E-state index in [0.717, 1.165) is 6.54 Å². The van der Waals surface area contributed by atoms with Crippen molar-refractivity contribution in [3.63, 3.8) is 0 Å². The first-order chi connectivity index (χ1) is 7.88. The van der Waals surface area contributed by atoms with Crippen LogP contribution in [0.25, 0.3) is 0 Å². The predicted octanol–water partition coefficient (Wildman–Crippen LogP) is 2.89. The summed E-state index contributed by atoms with van der Waals surface area (Å²) < 4.78 is 5.63. The minimum absolute atomic E-state index is 0.0190. The quantitative estimate of drug-likeness (QED) is 0.822. The average molecular weight is 241 g/mol. The lowest BCUT2D eigenvalue weighted by atomic mass is 9.89. The number of hydrogen-bond donors (Lipinski definition) is 1. The third-order valence-electron chi connectivity index (χ3n) is 3.19. The Hall–Kier alpha value is -0.570. The van der Waals surface area contributed by atoms with Crippen LogP contribution in [-0.4, -0.2) is 24.2 Å². The highest BCUT2D eigenvalue weighted by atomic mass is 16.5. The van der Waals surface area contributed by atoms with Crippen LogP contribution in [-0.2, 0) is 9.53 Å². The van der Waals surface area contributed by atoms with Gasteiger partial charge in [0, 0.05) is 6.54 Å². The second-order valence-corrected chi connectivity index (χ2v) is 6.12. The van der Waals surface area contributed by atoms with Crippen molar-refractivity contribution in [1.82, 2.24) is 5.32 Å². The van der Waals surface area contributed by atoms with Crippen molar-refractivity contribution >= 4 is 5.91 Å². The molecule has 1 atom stereocenters. The lowest BCUT2D eigenvalue weighted by Crippen LogP contribution is -2.41. The maximum absolute atomic E-state index is 11.8. The fourth-order valence-corrected chi connectivity index (χ4v) is 2.36. The number of rotatable bonds is 4. The van der Waals surface area contributed by atoms with Crippen molar-refractivity contribution in [2.45, 2.75) is 71.5 Å². The highest BCUT2D eigenvalue weighted by Crippen LogP contribution is 2.22. The van der Waals surface area contributed by atoms with Crippen molar-refractivity contribution in [2.75, 3.05) is 6.54 Å². The molecule has 1 unspecified atom stereocenters. The van der Waals surface area contributed by atoms with E-state index in [-0.39, 0.29) is 17.6 Å². The van der Waals surface area contributed by atoms with Crippen molar-refractivity contribution in [1.29, 1.82) is 0 Å². The molecule has 1 aliphatic rings. The molecular formula is C14H27NO2. The Morgan fingerprint density at radius 1 is 1.29 bits per heavy atom. The van der Waals surface area contributed by atoms with Crippen molar-refractivity contribution in [3.8, 4) is 0 Å². The smallest absolute Gasteiger partial charge is 0.248 e. The molecule has 17 heavy (non-hydrogen) atoms. The minimum Gasteiger partial charge on any atom is -0.363 e. The van der Waals surface area contributed by atoms with Gasteiger partial charge in [0.1, 0.15) is 6.10 Å². The Labute approximate surface area is 105 Å². The number of carbonyl (C=O) groups is 1. The van der Waals surface area contributed by atoms with E-state index in [1.807, 2.05) is 27.7 Å². The SMILES string of the molecule is CC(OC(C)(C)C)C(=O)NCC1CCCCC1. The first kappa shape index (κ1) is 14.5. The minimum atomic E-state index is -0.362. The lowest BCUT2D eigenvalue weighted by Gasteiger charge is -2.26. The summed E-state index contributed by atoms with van der Waals surface area (Å²) in [6.07, 6.45) is 6.14. The van der Waals surface area contributed by atoms with Gasteiger partial charge in [0.2, 0.25) is 5.91 Å². The molecule has 1 fully saturated rings. The largest absolute Gasteiger partial charge is 0.363 e. The lowest BCUT2D eigenvalue weighted by molar-refractivity contribution is -0.140. The van der Waals surface area contributed by atoms with Crippen LogP contribution in [0.5, 0.6) is 0 Å². The van der Waals surface area contributed by atoms with Gasteiger partial charge in [0.15, 0.2) is 0 Å². The van der Waals surface area contributed by atoms with Gasteiger partial charge in [-0.05, 0) is 46.5 Å². The van der Waals surface area contributed by atoms with E-state index in [9.17, 15) is 4.79 Å². The molecule has 0 bridgehead atoms. The summed E-state index contributed by atoms with van der Waals surface area (Å²) in [4.78, 5) is 11.8. The second-order valence-electron chi connectivity index (χ2n) is 6.12. The van der Waals surface area contributed by atoms with Gasteiger partial charge in [0.05, 0.1) is 5.60 Å².